The van der Waals surface area contributed by atoms with Crippen LogP contribution in [0.25, 0.3) is 0 Å². The molecule has 0 aromatic heterocycles. The van der Waals surface area contributed by atoms with Crippen molar-refractivity contribution in [3.05, 3.63) is 143 Å². The quantitative estimate of drug-likeness (QED) is 0.234. The molecular weight excluding hydrogens is 470 g/mol. The van der Waals surface area contributed by atoms with E-state index in [1.54, 1.807) is 0 Å². The van der Waals surface area contributed by atoms with Gasteiger partial charge in [-0.1, -0.05) is 122 Å². The summed E-state index contributed by atoms with van der Waals surface area (Å²) in [5, 5.41) is 9.28. The van der Waals surface area contributed by atoms with Gasteiger partial charge < -0.3 is 5.11 Å². The van der Waals surface area contributed by atoms with Crippen molar-refractivity contribution < 1.29 is 14.7 Å². The van der Waals surface area contributed by atoms with E-state index in [1.807, 2.05) is 129 Å². The van der Waals surface area contributed by atoms with Crippen molar-refractivity contribution in [1.29, 1.82) is 0 Å². The molecular formula is C34H33NO3. The maximum absolute atomic E-state index is 14.7. The van der Waals surface area contributed by atoms with Crippen LogP contribution in [0.3, 0.4) is 0 Å². The van der Waals surface area contributed by atoms with E-state index in [0.717, 1.165) is 27.8 Å². The second-order valence-electron chi connectivity index (χ2n) is 10.4. The Morgan fingerprint density at radius 3 is 1.63 bits per heavy atom. The van der Waals surface area contributed by atoms with Crippen molar-refractivity contribution in [2.24, 2.45) is 5.41 Å². The lowest BCUT2D eigenvalue weighted by Crippen LogP contribution is -2.52. The number of rotatable bonds is 8. The highest BCUT2D eigenvalue weighted by Gasteiger charge is 2.59. The predicted octanol–water partition coefficient (Wildman–Crippen LogP) is 6.08. The van der Waals surface area contributed by atoms with Crippen LogP contribution in [0.5, 0.6) is 0 Å². The average Bonchev–Trinajstić information content (AvgIpc) is 3.20. The van der Waals surface area contributed by atoms with Crippen molar-refractivity contribution in [2.45, 2.75) is 38.1 Å². The molecule has 0 bridgehead atoms. The Labute approximate surface area is 224 Å². The number of aliphatic hydroxyl groups excluding tert-OH is 1. The first-order chi connectivity index (χ1) is 18.4. The SMILES string of the molecule is C[C@H](c1ccc(CCO)cc1)[C@]1(C)CC(=O)N(C(c2ccccc2)(c2ccccc2)c2ccccc2)C1=O. The molecule has 0 radical (unpaired) electrons. The Balaban J connectivity index is 1.68. The van der Waals surface area contributed by atoms with Crippen LogP contribution in [0.1, 0.15) is 54.0 Å². The molecule has 4 nitrogen and oxygen atoms in total. The standard InChI is InChI=1S/C34H33NO3/c1-25(27-20-18-26(19-21-27)22-23-36)33(2)24-31(37)35(32(33)38)34(28-12-6-3-7-13-28,29-14-8-4-9-15-29)30-16-10-5-11-17-30/h3-21,25,36H,22-24H2,1-2H3/t25-,33+/m1/s1. The van der Waals surface area contributed by atoms with Gasteiger partial charge in [0.25, 0.3) is 0 Å². The molecule has 1 N–H and O–H groups in total. The monoisotopic (exact) mass is 503 g/mol. The maximum Gasteiger partial charge on any atom is 0.237 e. The second kappa shape index (κ2) is 10.4. The van der Waals surface area contributed by atoms with Crippen molar-refractivity contribution in [3.63, 3.8) is 0 Å². The van der Waals surface area contributed by atoms with Crippen LogP contribution in [0, 0.1) is 5.41 Å². The predicted molar refractivity (Wildman–Crippen MR) is 149 cm³/mol. The molecule has 1 aliphatic rings. The molecule has 4 heteroatoms. The summed E-state index contributed by atoms with van der Waals surface area (Å²) in [4.78, 5) is 30.3. The Morgan fingerprint density at radius 2 is 1.21 bits per heavy atom. The van der Waals surface area contributed by atoms with Crippen LogP contribution in [-0.4, -0.2) is 28.4 Å². The summed E-state index contributed by atoms with van der Waals surface area (Å²) in [5.41, 5.74) is 2.61. The lowest BCUT2D eigenvalue weighted by Gasteiger charge is -2.43. The third-order valence-corrected chi connectivity index (χ3v) is 8.21. The molecule has 1 heterocycles. The minimum absolute atomic E-state index is 0.0924. The smallest absolute Gasteiger partial charge is 0.237 e. The summed E-state index contributed by atoms with van der Waals surface area (Å²) in [7, 11) is 0. The molecule has 4 aromatic rings. The molecule has 0 saturated carbocycles. The fraction of sp³-hybridized carbons (Fsp3) is 0.235. The molecule has 1 saturated heterocycles. The van der Waals surface area contributed by atoms with Crippen molar-refractivity contribution in [3.8, 4) is 0 Å². The van der Waals surface area contributed by atoms with Crippen LogP contribution < -0.4 is 0 Å². The largest absolute Gasteiger partial charge is 0.396 e. The number of benzene rings is 4. The molecule has 38 heavy (non-hydrogen) atoms. The Hall–Kier alpha value is -4.02. The van der Waals surface area contributed by atoms with E-state index in [-0.39, 0.29) is 30.8 Å². The molecule has 192 valence electrons. The highest BCUT2D eigenvalue weighted by atomic mass is 16.3. The van der Waals surface area contributed by atoms with Crippen LogP contribution in [0.4, 0.5) is 0 Å². The number of hydrogen-bond acceptors (Lipinski definition) is 3. The van der Waals surface area contributed by atoms with Gasteiger partial charge in [0.1, 0.15) is 5.54 Å². The van der Waals surface area contributed by atoms with Gasteiger partial charge in [-0.05, 0) is 47.1 Å². The first-order valence-corrected chi connectivity index (χ1v) is 13.2. The molecule has 2 amide bonds. The zero-order chi connectivity index (χ0) is 26.8. The lowest BCUT2D eigenvalue weighted by molar-refractivity contribution is -0.146. The van der Waals surface area contributed by atoms with Gasteiger partial charge in [-0.25, -0.2) is 0 Å². The highest BCUT2D eigenvalue weighted by molar-refractivity contribution is 6.08. The summed E-state index contributed by atoms with van der Waals surface area (Å²) in [6.45, 7) is 4.05. The minimum atomic E-state index is -1.11. The molecule has 1 aliphatic heterocycles. The number of carbonyl (C=O) groups excluding carboxylic acids is 2. The summed E-state index contributed by atoms with van der Waals surface area (Å²) in [6.07, 6.45) is 0.713. The van der Waals surface area contributed by atoms with E-state index < -0.39 is 11.0 Å². The number of likely N-dealkylation sites (tertiary alicyclic amines) is 1. The van der Waals surface area contributed by atoms with Crippen LogP contribution in [0.2, 0.25) is 0 Å². The molecule has 5 rings (SSSR count). The molecule has 2 atom stereocenters. The summed E-state index contributed by atoms with van der Waals surface area (Å²) in [5.74, 6) is -0.545. The molecule has 0 spiro atoms. The van der Waals surface area contributed by atoms with Crippen molar-refractivity contribution in [2.75, 3.05) is 6.61 Å². The third kappa shape index (κ3) is 4.15. The van der Waals surface area contributed by atoms with Gasteiger partial charge >= 0.3 is 0 Å². The number of imide groups is 1. The first kappa shape index (κ1) is 25.6. The Morgan fingerprint density at radius 1 is 0.763 bits per heavy atom. The summed E-state index contributed by atoms with van der Waals surface area (Å²) in [6, 6.07) is 37.6. The fourth-order valence-electron chi connectivity index (χ4n) is 5.91. The Bertz CT molecular complexity index is 1300. The first-order valence-electron chi connectivity index (χ1n) is 13.2. The topological polar surface area (TPSA) is 57.6 Å². The number of aliphatic hydroxyl groups is 1. The van der Waals surface area contributed by atoms with Crippen LogP contribution >= 0.6 is 0 Å². The average molecular weight is 504 g/mol. The van der Waals surface area contributed by atoms with E-state index in [1.165, 1.54) is 4.90 Å². The van der Waals surface area contributed by atoms with E-state index in [2.05, 4.69) is 0 Å². The number of carbonyl (C=O) groups is 2. The molecule has 0 aliphatic carbocycles. The highest BCUT2D eigenvalue weighted by Crippen LogP contribution is 2.52. The maximum atomic E-state index is 14.7. The summed E-state index contributed by atoms with van der Waals surface area (Å²) < 4.78 is 0. The summed E-state index contributed by atoms with van der Waals surface area (Å²) >= 11 is 0. The number of nitrogens with zero attached hydrogens (tertiary/aromatic N) is 1. The van der Waals surface area contributed by atoms with E-state index in [0.29, 0.717) is 6.42 Å². The van der Waals surface area contributed by atoms with Crippen LogP contribution in [-0.2, 0) is 21.5 Å². The van der Waals surface area contributed by atoms with Crippen molar-refractivity contribution in [1.82, 2.24) is 4.90 Å². The minimum Gasteiger partial charge on any atom is -0.396 e. The zero-order valence-electron chi connectivity index (χ0n) is 21.9. The molecule has 4 aromatic carbocycles. The van der Waals surface area contributed by atoms with Gasteiger partial charge in [-0.3, -0.25) is 14.5 Å². The fourth-order valence-corrected chi connectivity index (χ4v) is 5.91. The molecule has 1 fully saturated rings. The van der Waals surface area contributed by atoms with E-state index >= 15 is 0 Å². The van der Waals surface area contributed by atoms with E-state index in [4.69, 9.17) is 0 Å². The Kier molecular flexibility index (Phi) is 7.00. The number of hydrogen-bond donors (Lipinski definition) is 1. The van der Waals surface area contributed by atoms with Gasteiger partial charge in [0, 0.05) is 13.0 Å². The number of amides is 2. The lowest BCUT2D eigenvalue weighted by atomic mass is 9.72. The van der Waals surface area contributed by atoms with E-state index in [9.17, 15) is 14.7 Å². The zero-order valence-corrected chi connectivity index (χ0v) is 21.9. The van der Waals surface area contributed by atoms with Crippen LogP contribution in [0.15, 0.2) is 115 Å². The second-order valence-corrected chi connectivity index (χ2v) is 10.4. The molecule has 0 unspecified atom stereocenters. The van der Waals surface area contributed by atoms with Crippen molar-refractivity contribution >= 4 is 11.8 Å². The van der Waals surface area contributed by atoms with Gasteiger partial charge in [0.2, 0.25) is 11.8 Å². The van der Waals surface area contributed by atoms with Gasteiger partial charge in [0.05, 0.1) is 5.41 Å². The normalized spacial score (nSPS) is 18.6. The van der Waals surface area contributed by atoms with Gasteiger partial charge in [-0.15, -0.1) is 0 Å². The van der Waals surface area contributed by atoms with Gasteiger partial charge in [-0.2, -0.15) is 0 Å². The third-order valence-electron chi connectivity index (χ3n) is 8.21. The van der Waals surface area contributed by atoms with Gasteiger partial charge in [0.15, 0.2) is 0 Å².